The lowest BCUT2D eigenvalue weighted by Crippen LogP contribution is -2.27. The van der Waals surface area contributed by atoms with Crippen LogP contribution in [-0.2, 0) is 4.74 Å². The van der Waals surface area contributed by atoms with Gasteiger partial charge in [0.25, 0.3) is 5.91 Å². The second kappa shape index (κ2) is 8.51. The van der Waals surface area contributed by atoms with E-state index in [9.17, 15) is 4.79 Å². The average Bonchev–Trinajstić information content (AvgIpc) is 2.32. The van der Waals surface area contributed by atoms with Crippen LogP contribution >= 0.6 is 27.5 Å². The van der Waals surface area contributed by atoms with Crippen molar-refractivity contribution in [2.45, 2.75) is 19.8 Å². The molecule has 1 rings (SSSR count). The van der Waals surface area contributed by atoms with E-state index in [0.717, 1.165) is 23.9 Å². The minimum atomic E-state index is -0.141. The molecule has 1 aromatic rings. The van der Waals surface area contributed by atoms with Crippen LogP contribution in [0.5, 0.6) is 0 Å². The van der Waals surface area contributed by atoms with E-state index in [2.05, 4.69) is 28.2 Å². The van der Waals surface area contributed by atoms with Gasteiger partial charge in [-0.25, -0.2) is 0 Å². The van der Waals surface area contributed by atoms with Gasteiger partial charge in [-0.1, -0.05) is 40.9 Å². The Hall–Kier alpha value is -0.580. The Balaban J connectivity index is 2.32. The van der Waals surface area contributed by atoms with E-state index in [0.29, 0.717) is 23.7 Å². The number of benzene rings is 1. The van der Waals surface area contributed by atoms with Crippen molar-refractivity contribution >= 4 is 33.4 Å². The molecule has 0 aliphatic heterocycles. The quantitative estimate of drug-likeness (QED) is 0.773. The van der Waals surface area contributed by atoms with Crippen molar-refractivity contribution in [3.8, 4) is 0 Å². The molecule has 0 saturated heterocycles. The molecule has 0 heterocycles. The molecule has 100 valence electrons. The lowest BCUT2D eigenvalue weighted by molar-refractivity contribution is 0.0912. The Morgan fingerprint density at radius 3 is 2.83 bits per heavy atom. The number of hydrogen-bond donors (Lipinski definition) is 1. The van der Waals surface area contributed by atoms with Gasteiger partial charge in [0.2, 0.25) is 0 Å². The third-order valence-corrected chi connectivity index (χ3v) is 2.97. The smallest absolute Gasteiger partial charge is 0.251 e. The van der Waals surface area contributed by atoms with E-state index in [1.54, 1.807) is 18.2 Å². The molecule has 1 N–H and O–H groups in total. The monoisotopic (exact) mass is 333 g/mol. The molecule has 3 nitrogen and oxygen atoms in total. The summed E-state index contributed by atoms with van der Waals surface area (Å²) in [5, 5.41) is 3.32. The van der Waals surface area contributed by atoms with Gasteiger partial charge >= 0.3 is 0 Å². The SMILES string of the molecule is CCCCOCCNC(=O)c1cc(Cl)cc(Br)c1. The molecular formula is C13H17BrClNO2. The standard InChI is InChI=1S/C13H17BrClNO2/c1-2-3-5-18-6-4-16-13(17)10-7-11(14)9-12(15)8-10/h7-9H,2-6H2,1H3,(H,16,17). The lowest BCUT2D eigenvalue weighted by atomic mass is 10.2. The second-order valence-electron chi connectivity index (χ2n) is 3.88. The van der Waals surface area contributed by atoms with Gasteiger partial charge in [0.05, 0.1) is 6.61 Å². The van der Waals surface area contributed by atoms with Crippen LogP contribution in [0.15, 0.2) is 22.7 Å². The summed E-state index contributed by atoms with van der Waals surface area (Å²) in [5.74, 6) is -0.141. The zero-order valence-corrected chi connectivity index (χ0v) is 12.7. The van der Waals surface area contributed by atoms with Gasteiger partial charge < -0.3 is 10.1 Å². The number of carbonyl (C=O) groups is 1. The molecular weight excluding hydrogens is 318 g/mol. The molecule has 0 unspecified atom stereocenters. The van der Waals surface area contributed by atoms with E-state index in [-0.39, 0.29) is 5.91 Å². The largest absolute Gasteiger partial charge is 0.380 e. The molecule has 0 aliphatic rings. The molecule has 0 aliphatic carbocycles. The molecule has 0 bridgehead atoms. The number of ether oxygens (including phenoxy) is 1. The van der Waals surface area contributed by atoms with Gasteiger partial charge in [0.1, 0.15) is 0 Å². The molecule has 0 saturated carbocycles. The number of amides is 1. The minimum Gasteiger partial charge on any atom is -0.380 e. The van der Waals surface area contributed by atoms with Gasteiger partial charge in [-0.05, 0) is 24.6 Å². The van der Waals surface area contributed by atoms with E-state index in [1.807, 2.05) is 0 Å². The second-order valence-corrected chi connectivity index (χ2v) is 5.23. The summed E-state index contributed by atoms with van der Waals surface area (Å²) in [6.45, 7) is 3.90. The van der Waals surface area contributed by atoms with Crippen LogP contribution in [0.4, 0.5) is 0 Å². The summed E-state index contributed by atoms with van der Waals surface area (Å²) < 4.78 is 6.15. The zero-order valence-electron chi connectivity index (χ0n) is 10.3. The fraction of sp³-hybridized carbons (Fsp3) is 0.462. The molecule has 0 spiro atoms. The third kappa shape index (κ3) is 5.85. The van der Waals surface area contributed by atoms with Crippen LogP contribution < -0.4 is 5.32 Å². The first-order chi connectivity index (χ1) is 8.63. The van der Waals surface area contributed by atoms with Gasteiger partial charge in [-0.15, -0.1) is 0 Å². The highest BCUT2D eigenvalue weighted by atomic mass is 79.9. The molecule has 0 aromatic heterocycles. The van der Waals surface area contributed by atoms with E-state index < -0.39 is 0 Å². The van der Waals surface area contributed by atoms with E-state index in [4.69, 9.17) is 16.3 Å². The average molecular weight is 335 g/mol. The summed E-state index contributed by atoms with van der Waals surface area (Å²) in [4.78, 5) is 11.8. The number of carbonyl (C=O) groups excluding carboxylic acids is 1. The van der Waals surface area contributed by atoms with Crippen molar-refractivity contribution in [2.24, 2.45) is 0 Å². The van der Waals surface area contributed by atoms with Gasteiger partial charge in [-0.3, -0.25) is 4.79 Å². The van der Waals surface area contributed by atoms with Crippen LogP contribution in [-0.4, -0.2) is 25.7 Å². The van der Waals surface area contributed by atoms with Crippen molar-refractivity contribution in [3.63, 3.8) is 0 Å². The molecule has 18 heavy (non-hydrogen) atoms. The van der Waals surface area contributed by atoms with Gasteiger partial charge in [-0.2, -0.15) is 0 Å². The molecule has 5 heteroatoms. The van der Waals surface area contributed by atoms with Crippen molar-refractivity contribution in [1.29, 1.82) is 0 Å². The number of nitrogens with one attached hydrogen (secondary N) is 1. The molecule has 1 aromatic carbocycles. The maximum absolute atomic E-state index is 11.8. The summed E-state index contributed by atoms with van der Waals surface area (Å²) in [5.41, 5.74) is 0.544. The first-order valence-corrected chi connectivity index (χ1v) is 7.12. The maximum Gasteiger partial charge on any atom is 0.251 e. The van der Waals surface area contributed by atoms with Crippen LogP contribution in [0.1, 0.15) is 30.1 Å². The van der Waals surface area contributed by atoms with E-state index in [1.165, 1.54) is 0 Å². The predicted octanol–water partition coefficient (Wildman–Crippen LogP) is 3.65. The van der Waals surface area contributed by atoms with Crippen LogP contribution in [0.3, 0.4) is 0 Å². The molecule has 1 amide bonds. The summed E-state index contributed by atoms with van der Waals surface area (Å²) in [7, 11) is 0. The summed E-state index contributed by atoms with van der Waals surface area (Å²) in [6.07, 6.45) is 2.16. The first-order valence-electron chi connectivity index (χ1n) is 5.95. The number of halogens is 2. The Morgan fingerprint density at radius 1 is 1.39 bits per heavy atom. The van der Waals surface area contributed by atoms with E-state index >= 15 is 0 Å². The summed E-state index contributed by atoms with van der Waals surface area (Å²) in [6, 6.07) is 5.12. The third-order valence-electron chi connectivity index (χ3n) is 2.30. The first kappa shape index (κ1) is 15.5. The van der Waals surface area contributed by atoms with Gasteiger partial charge in [0.15, 0.2) is 0 Å². The molecule has 0 radical (unpaired) electrons. The lowest BCUT2D eigenvalue weighted by Gasteiger charge is -2.07. The molecule has 0 fully saturated rings. The highest BCUT2D eigenvalue weighted by Gasteiger charge is 2.06. The highest BCUT2D eigenvalue weighted by Crippen LogP contribution is 2.19. The van der Waals surface area contributed by atoms with Crippen molar-refractivity contribution in [3.05, 3.63) is 33.3 Å². The fourth-order valence-electron chi connectivity index (χ4n) is 1.37. The fourth-order valence-corrected chi connectivity index (χ4v) is 2.23. The summed E-state index contributed by atoms with van der Waals surface area (Å²) >= 11 is 9.18. The maximum atomic E-state index is 11.8. The Bertz CT molecular complexity index is 378. The normalized spacial score (nSPS) is 10.4. The van der Waals surface area contributed by atoms with Crippen LogP contribution in [0.25, 0.3) is 0 Å². The number of unbranched alkanes of at least 4 members (excludes halogenated alkanes) is 1. The zero-order chi connectivity index (χ0) is 13.4. The van der Waals surface area contributed by atoms with Gasteiger partial charge in [0, 0.05) is 28.2 Å². The molecule has 0 atom stereocenters. The predicted molar refractivity (Wildman–Crippen MR) is 77.2 cm³/mol. The topological polar surface area (TPSA) is 38.3 Å². The Labute approximate surface area is 121 Å². The van der Waals surface area contributed by atoms with Crippen molar-refractivity contribution in [2.75, 3.05) is 19.8 Å². The number of hydrogen-bond acceptors (Lipinski definition) is 2. The Morgan fingerprint density at radius 2 is 2.17 bits per heavy atom. The van der Waals surface area contributed by atoms with Crippen LogP contribution in [0.2, 0.25) is 5.02 Å². The van der Waals surface area contributed by atoms with Crippen molar-refractivity contribution in [1.82, 2.24) is 5.32 Å². The van der Waals surface area contributed by atoms with Crippen LogP contribution in [0, 0.1) is 0 Å². The minimum absolute atomic E-state index is 0.141. The van der Waals surface area contributed by atoms with Crippen molar-refractivity contribution < 1.29 is 9.53 Å². The Kier molecular flexibility index (Phi) is 7.32. The highest BCUT2D eigenvalue weighted by molar-refractivity contribution is 9.10. The number of rotatable bonds is 7.